The zero-order valence-corrected chi connectivity index (χ0v) is 8.36. The molecular formula is C11H18O2. The Hall–Kier alpha value is -0.630. The fraction of sp³-hybridized carbons (Fsp3) is 0.727. The molecule has 0 radical (unpaired) electrons. The first-order valence-corrected chi connectivity index (χ1v) is 4.99. The van der Waals surface area contributed by atoms with Crippen LogP contribution in [-0.4, -0.2) is 17.0 Å². The van der Waals surface area contributed by atoms with Gasteiger partial charge in [0, 0.05) is 5.92 Å². The molecule has 2 heteroatoms. The Balaban J connectivity index is 2.51. The lowest BCUT2D eigenvalue weighted by atomic mass is 9.85. The fourth-order valence-electron chi connectivity index (χ4n) is 1.62. The summed E-state index contributed by atoms with van der Waals surface area (Å²) in [7, 11) is 0. The largest absolute Gasteiger partial charge is 0.385 e. The summed E-state index contributed by atoms with van der Waals surface area (Å²) in [6, 6.07) is 0. The van der Waals surface area contributed by atoms with Crippen LogP contribution < -0.4 is 0 Å². The molecule has 0 saturated carbocycles. The Morgan fingerprint density at radius 2 is 2.15 bits per heavy atom. The van der Waals surface area contributed by atoms with Crippen LogP contribution in [0.25, 0.3) is 0 Å². The third-order valence-corrected chi connectivity index (χ3v) is 2.59. The van der Waals surface area contributed by atoms with E-state index in [4.69, 9.17) is 0 Å². The predicted octanol–water partition coefficient (Wildman–Crippen LogP) is 1.93. The maximum Gasteiger partial charge on any atom is 0.164 e. The number of carbonyl (C=O) groups is 1. The lowest BCUT2D eigenvalue weighted by molar-refractivity contribution is -0.133. The molecule has 0 aromatic rings. The second-order valence-corrected chi connectivity index (χ2v) is 4.07. The quantitative estimate of drug-likeness (QED) is 0.677. The fourth-order valence-corrected chi connectivity index (χ4v) is 1.62. The zero-order valence-electron chi connectivity index (χ0n) is 8.36. The number of Topliss-reactive ketones (excluding diaryl/α,β-unsaturated/α-hetero) is 1. The van der Waals surface area contributed by atoms with E-state index in [1.54, 1.807) is 0 Å². The Morgan fingerprint density at radius 1 is 1.46 bits per heavy atom. The van der Waals surface area contributed by atoms with Gasteiger partial charge in [-0.25, -0.2) is 0 Å². The van der Waals surface area contributed by atoms with Crippen LogP contribution in [0.2, 0.25) is 0 Å². The monoisotopic (exact) mass is 182 g/mol. The van der Waals surface area contributed by atoms with Crippen molar-refractivity contribution in [3.8, 4) is 0 Å². The van der Waals surface area contributed by atoms with Crippen molar-refractivity contribution in [2.45, 2.75) is 39.2 Å². The molecule has 1 aliphatic carbocycles. The minimum atomic E-state index is -0.767. The van der Waals surface area contributed by atoms with E-state index in [2.05, 4.69) is 6.08 Å². The standard InChI is InChI=1S/C11H18O2/c1-8(2)10(12)11(13)9-6-4-3-5-7-9/h3-4,8-10,12H,5-7H2,1-2H3/t9-,10+/m1/s1. The van der Waals surface area contributed by atoms with Gasteiger partial charge in [0.05, 0.1) is 0 Å². The number of hydrogen-bond acceptors (Lipinski definition) is 2. The van der Waals surface area contributed by atoms with Crippen molar-refractivity contribution in [1.29, 1.82) is 0 Å². The van der Waals surface area contributed by atoms with Crippen molar-refractivity contribution >= 4 is 5.78 Å². The third-order valence-electron chi connectivity index (χ3n) is 2.59. The molecule has 13 heavy (non-hydrogen) atoms. The normalized spacial score (nSPS) is 24.8. The van der Waals surface area contributed by atoms with Crippen LogP contribution in [0.4, 0.5) is 0 Å². The van der Waals surface area contributed by atoms with E-state index in [0.717, 1.165) is 19.3 Å². The van der Waals surface area contributed by atoms with E-state index in [9.17, 15) is 9.90 Å². The summed E-state index contributed by atoms with van der Waals surface area (Å²) in [5.41, 5.74) is 0. The SMILES string of the molecule is CC(C)[C@H](O)C(=O)[C@@H]1CC=CCC1. The summed E-state index contributed by atoms with van der Waals surface area (Å²) in [6.07, 6.45) is 6.06. The molecule has 1 aliphatic rings. The maximum absolute atomic E-state index is 11.7. The van der Waals surface area contributed by atoms with Gasteiger partial charge < -0.3 is 5.11 Å². The molecule has 0 aromatic heterocycles. The maximum atomic E-state index is 11.7. The summed E-state index contributed by atoms with van der Waals surface area (Å²) in [5.74, 6) is 0.125. The van der Waals surface area contributed by atoms with Gasteiger partial charge >= 0.3 is 0 Å². The van der Waals surface area contributed by atoms with Crippen LogP contribution in [-0.2, 0) is 4.79 Å². The Morgan fingerprint density at radius 3 is 2.62 bits per heavy atom. The Kier molecular flexibility index (Phi) is 3.67. The van der Waals surface area contributed by atoms with Gasteiger partial charge in [0.25, 0.3) is 0 Å². The smallest absolute Gasteiger partial charge is 0.164 e. The average molecular weight is 182 g/mol. The molecule has 0 heterocycles. The lowest BCUT2D eigenvalue weighted by Gasteiger charge is -2.21. The van der Waals surface area contributed by atoms with E-state index >= 15 is 0 Å². The number of carbonyl (C=O) groups excluding carboxylic acids is 1. The van der Waals surface area contributed by atoms with Gasteiger partial charge in [-0.15, -0.1) is 0 Å². The minimum absolute atomic E-state index is 0.0272. The summed E-state index contributed by atoms with van der Waals surface area (Å²) in [5, 5.41) is 9.57. The molecule has 0 saturated heterocycles. The van der Waals surface area contributed by atoms with Crippen LogP contribution in [0.15, 0.2) is 12.2 Å². The second kappa shape index (κ2) is 4.56. The average Bonchev–Trinajstić information content (AvgIpc) is 2.17. The summed E-state index contributed by atoms with van der Waals surface area (Å²) in [4.78, 5) is 11.7. The molecule has 0 fully saturated rings. The number of allylic oxidation sites excluding steroid dienone is 2. The van der Waals surface area contributed by atoms with Gasteiger partial charge in [0.15, 0.2) is 5.78 Å². The molecular weight excluding hydrogens is 164 g/mol. The van der Waals surface area contributed by atoms with Gasteiger partial charge in [-0.2, -0.15) is 0 Å². The van der Waals surface area contributed by atoms with Crippen molar-refractivity contribution in [2.24, 2.45) is 11.8 Å². The second-order valence-electron chi connectivity index (χ2n) is 4.07. The predicted molar refractivity (Wildman–Crippen MR) is 52.3 cm³/mol. The Bertz CT molecular complexity index is 206. The van der Waals surface area contributed by atoms with Crippen LogP contribution >= 0.6 is 0 Å². The van der Waals surface area contributed by atoms with Crippen molar-refractivity contribution < 1.29 is 9.90 Å². The van der Waals surface area contributed by atoms with Gasteiger partial charge in [-0.05, 0) is 25.2 Å². The number of aliphatic hydroxyl groups excluding tert-OH is 1. The summed E-state index contributed by atoms with van der Waals surface area (Å²) in [6.45, 7) is 3.75. The first-order chi connectivity index (χ1) is 6.13. The van der Waals surface area contributed by atoms with Crippen molar-refractivity contribution in [1.82, 2.24) is 0 Å². The molecule has 2 atom stereocenters. The summed E-state index contributed by atoms with van der Waals surface area (Å²) < 4.78 is 0. The van der Waals surface area contributed by atoms with Crippen molar-refractivity contribution in [2.75, 3.05) is 0 Å². The van der Waals surface area contributed by atoms with Gasteiger partial charge in [0.2, 0.25) is 0 Å². The van der Waals surface area contributed by atoms with E-state index < -0.39 is 6.10 Å². The summed E-state index contributed by atoms with van der Waals surface area (Å²) >= 11 is 0. The number of rotatable bonds is 3. The Labute approximate surface area is 79.6 Å². The van der Waals surface area contributed by atoms with Crippen molar-refractivity contribution in [3.63, 3.8) is 0 Å². The topological polar surface area (TPSA) is 37.3 Å². The minimum Gasteiger partial charge on any atom is -0.385 e. The molecule has 0 aliphatic heterocycles. The molecule has 74 valence electrons. The van der Waals surface area contributed by atoms with E-state index in [-0.39, 0.29) is 17.6 Å². The third kappa shape index (κ3) is 2.66. The number of ketones is 1. The lowest BCUT2D eigenvalue weighted by Crippen LogP contribution is -2.32. The van der Waals surface area contributed by atoms with Gasteiger partial charge in [-0.3, -0.25) is 4.79 Å². The number of hydrogen-bond donors (Lipinski definition) is 1. The van der Waals surface area contributed by atoms with Crippen LogP contribution in [0, 0.1) is 11.8 Å². The molecule has 0 bridgehead atoms. The van der Waals surface area contributed by atoms with E-state index in [0.29, 0.717) is 0 Å². The highest BCUT2D eigenvalue weighted by atomic mass is 16.3. The van der Waals surface area contributed by atoms with E-state index in [1.165, 1.54) is 0 Å². The molecule has 0 unspecified atom stereocenters. The first-order valence-electron chi connectivity index (χ1n) is 4.99. The van der Waals surface area contributed by atoms with Crippen LogP contribution in [0.3, 0.4) is 0 Å². The van der Waals surface area contributed by atoms with Crippen molar-refractivity contribution in [3.05, 3.63) is 12.2 Å². The molecule has 1 rings (SSSR count). The highest BCUT2D eigenvalue weighted by Crippen LogP contribution is 2.22. The highest BCUT2D eigenvalue weighted by Gasteiger charge is 2.26. The van der Waals surface area contributed by atoms with Crippen LogP contribution in [0.5, 0.6) is 0 Å². The number of aliphatic hydroxyl groups is 1. The zero-order chi connectivity index (χ0) is 9.84. The first kappa shape index (κ1) is 10.5. The van der Waals surface area contributed by atoms with E-state index in [1.807, 2.05) is 19.9 Å². The highest BCUT2D eigenvalue weighted by molar-refractivity contribution is 5.85. The van der Waals surface area contributed by atoms with Gasteiger partial charge in [-0.1, -0.05) is 26.0 Å². The molecule has 1 N–H and O–H groups in total. The van der Waals surface area contributed by atoms with Gasteiger partial charge in [0.1, 0.15) is 6.10 Å². The van der Waals surface area contributed by atoms with Crippen LogP contribution in [0.1, 0.15) is 33.1 Å². The molecule has 0 amide bonds. The molecule has 2 nitrogen and oxygen atoms in total. The molecule has 0 aromatic carbocycles. The molecule has 0 spiro atoms.